The van der Waals surface area contributed by atoms with Gasteiger partial charge >= 0.3 is 6.03 Å². The molecule has 0 saturated carbocycles. The summed E-state index contributed by atoms with van der Waals surface area (Å²) in [5.74, 6) is 0. The monoisotopic (exact) mass is 230 g/mol. The zero-order chi connectivity index (χ0) is 11.5. The average Bonchev–Trinajstić information content (AvgIpc) is 2.51. The maximum Gasteiger partial charge on any atom is 0.320 e. The van der Waals surface area contributed by atoms with Crippen LogP contribution in [0.1, 0.15) is 6.42 Å². The Kier molecular flexibility index (Phi) is 3.40. The van der Waals surface area contributed by atoms with Crippen molar-refractivity contribution in [3.05, 3.63) is 12.2 Å². The molecular weight excluding hydrogens is 215 g/mol. The SMILES string of the molecule is O=C1NCC=CCN1C1OC(CO)CC1F. The predicted molar refractivity (Wildman–Crippen MR) is 54.5 cm³/mol. The van der Waals surface area contributed by atoms with Gasteiger partial charge in [0.05, 0.1) is 12.7 Å². The number of rotatable bonds is 2. The zero-order valence-electron chi connectivity index (χ0n) is 8.80. The van der Waals surface area contributed by atoms with Gasteiger partial charge in [-0.1, -0.05) is 12.2 Å². The van der Waals surface area contributed by atoms with Crippen LogP contribution in [0, 0.1) is 0 Å². The molecule has 2 aliphatic heterocycles. The van der Waals surface area contributed by atoms with Crippen LogP contribution in [0.5, 0.6) is 0 Å². The number of nitrogens with one attached hydrogen (secondary N) is 1. The first-order valence-electron chi connectivity index (χ1n) is 5.32. The molecule has 0 spiro atoms. The third kappa shape index (κ3) is 2.17. The molecule has 0 aliphatic carbocycles. The largest absolute Gasteiger partial charge is 0.394 e. The highest BCUT2D eigenvalue weighted by Gasteiger charge is 2.40. The van der Waals surface area contributed by atoms with Gasteiger partial charge in [0.15, 0.2) is 6.23 Å². The Morgan fingerprint density at radius 3 is 3.12 bits per heavy atom. The van der Waals surface area contributed by atoms with Crippen LogP contribution in [-0.4, -0.2) is 54.2 Å². The summed E-state index contributed by atoms with van der Waals surface area (Å²) in [4.78, 5) is 12.9. The second-order valence-electron chi connectivity index (χ2n) is 3.89. The molecule has 0 aromatic rings. The third-order valence-electron chi connectivity index (χ3n) is 2.74. The predicted octanol–water partition coefficient (Wildman–Crippen LogP) is 0.0132. The van der Waals surface area contributed by atoms with Gasteiger partial charge in [-0.3, -0.25) is 4.90 Å². The van der Waals surface area contributed by atoms with E-state index < -0.39 is 18.5 Å². The molecular formula is C10H15FN2O3. The van der Waals surface area contributed by atoms with Crippen LogP contribution in [-0.2, 0) is 4.74 Å². The summed E-state index contributed by atoms with van der Waals surface area (Å²) in [6.45, 7) is 0.555. The quantitative estimate of drug-likeness (QED) is 0.657. The fourth-order valence-electron chi connectivity index (χ4n) is 1.91. The molecule has 2 amide bonds. The van der Waals surface area contributed by atoms with Gasteiger partial charge in [0.25, 0.3) is 0 Å². The molecule has 3 unspecified atom stereocenters. The Morgan fingerprint density at radius 1 is 1.62 bits per heavy atom. The van der Waals surface area contributed by atoms with Gasteiger partial charge in [0.2, 0.25) is 0 Å². The van der Waals surface area contributed by atoms with E-state index in [1.54, 1.807) is 6.08 Å². The molecule has 0 radical (unpaired) electrons. The molecule has 16 heavy (non-hydrogen) atoms. The van der Waals surface area contributed by atoms with Crippen molar-refractivity contribution in [1.82, 2.24) is 10.2 Å². The van der Waals surface area contributed by atoms with Crippen molar-refractivity contribution in [2.24, 2.45) is 0 Å². The summed E-state index contributed by atoms with van der Waals surface area (Å²) in [6.07, 6.45) is 1.09. The standard InChI is InChI=1S/C10H15FN2O3/c11-8-5-7(6-14)16-9(8)13-4-2-1-3-12-10(13)15/h1-2,7-9,14H,3-6H2,(H,12,15). The summed E-state index contributed by atoms with van der Waals surface area (Å²) in [7, 11) is 0. The van der Waals surface area contributed by atoms with Gasteiger partial charge in [-0.25, -0.2) is 9.18 Å². The van der Waals surface area contributed by atoms with Crippen LogP contribution in [0.3, 0.4) is 0 Å². The zero-order valence-corrected chi connectivity index (χ0v) is 8.80. The topological polar surface area (TPSA) is 61.8 Å². The maximum atomic E-state index is 13.6. The minimum absolute atomic E-state index is 0.134. The first-order valence-corrected chi connectivity index (χ1v) is 5.32. The number of nitrogens with zero attached hydrogens (tertiary/aromatic N) is 1. The number of hydrogen-bond acceptors (Lipinski definition) is 3. The smallest absolute Gasteiger partial charge is 0.320 e. The molecule has 2 heterocycles. The van der Waals surface area contributed by atoms with E-state index in [4.69, 9.17) is 9.84 Å². The number of aliphatic hydroxyl groups excluding tert-OH is 1. The molecule has 2 rings (SSSR count). The second-order valence-corrected chi connectivity index (χ2v) is 3.89. The lowest BCUT2D eigenvalue weighted by atomic mass is 10.2. The van der Waals surface area contributed by atoms with Crippen LogP contribution < -0.4 is 5.32 Å². The van der Waals surface area contributed by atoms with E-state index in [0.29, 0.717) is 13.1 Å². The number of ether oxygens (including phenoxy) is 1. The van der Waals surface area contributed by atoms with Crippen LogP contribution in [0.15, 0.2) is 12.2 Å². The van der Waals surface area contributed by atoms with Gasteiger partial charge in [-0.2, -0.15) is 0 Å². The molecule has 0 aromatic heterocycles. The maximum absolute atomic E-state index is 13.6. The summed E-state index contributed by atoms with van der Waals surface area (Å²) in [6, 6.07) is -0.337. The lowest BCUT2D eigenvalue weighted by Crippen LogP contribution is -2.48. The molecule has 90 valence electrons. The summed E-state index contributed by atoms with van der Waals surface area (Å²) < 4.78 is 18.9. The molecule has 5 nitrogen and oxygen atoms in total. The van der Waals surface area contributed by atoms with E-state index in [0.717, 1.165) is 0 Å². The number of aliphatic hydroxyl groups is 1. The number of halogens is 1. The van der Waals surface area contributed by atoms with Crippen molar-refractivity contribution >= 4 is 6.03 Å². The number of carbonyl (C=O) groups excluding carboxylic acids is 1. The summed E-state index contributed by atoms with van der Waals surface area (Å²) in [5.41, 5.74) is 0. The van der Waals surface area contributed by atoms with Gasteiger partial charge in [-0.15, -0.1) is 0 Å². The molecule has 6 heteroatoms. The number of alkyl halides is 1. The molecule has 0 bridgehead atoms. The van der Waals surface area contributed by atoms with Gasteiger partial charge in [0, 0.05) is 19.5 Å². The Balaban J connectivity index is 2.05. The van der Waals surface area contributed by atoms with Gasteiger partial charge in [-0.05, 0) is 0 Å². The van der Waals surface area contributed by atoms with Crippen molar-refractivity contribution < 1.29 is 19.0 Å². The van der Waals surface area contributed by atoms with E-state index in [9.17, 15) is 9.18 Å². The molecule has 2 N–H and O–H groups in total. The van der Waals surface area contributed by atoms with E-state index in [1.807, 2.05) is 6.08 Å². The number of carbonyl (C=O) groups is 1. The van der Waals surface area contributed by atoms with E-state index >= 15 is 0 Å². The van der Waals surface area contributed by atoms with Crippen LogP contribution in [0.2, 0.25) is 0 Å². The highest BCUT2D eigenvalue weighted by atomic mass is 19.1. The normalized spacial score (nSPS) is 35.0. The van der Waals surface area contributed by atoms with Crippen molar-refractivity contribution in [3.63, 3.8) is 0 Å². The highest BCUT2D eigenvalue weighted by Crippen LogP contribution is 2.26. The highest BCUT2D eigenvalue weighted by molar-refractivity contribution is 5.75. The molecule has 3 atom stereocenters. The van der Waals surface area contributed by atoms with Crippen molar-refractivity contribution in [2.75, 3.05) is 19.7 Å². The summed E-state index contributed by atoms with van der Waals surface area (Å²) >= 11 is 0. The van der Waals surface area contributed by atoms with Gasteiger partial charge in [0.1, 0.15) is 6.17 Å². The summed E-state index contributed by atoms with van der Waals surface area (Å²) in [5, 5.41) is 11.5. The second kappa shape index (κ2) is 4.80. The molecule has 1 saturated heterocycles. The van der Waals surface area contributed by atoms with Crippen LogP contribution in [0.25, 0.3) is 0 Å². The van der Waals surface area contributed by atoms with Crippen molar-refractivity contribution in [2.45, 2.75) is 24.9 Å². The first-order chi connectivity index (χ1) is 7.72. The first kappa shape index (κ1) is 11.3. The Labute approximate surface area is 92.9 Å². The third-order valence-corrected chi connectivity index (χ3v) is 2.74. The number of amides is 2. The fourth-order valence-corrected chi connectivity index (χ4v) is 1.91. The Hall–Kier alpha value is -1.14. The fraction of sp³-hybridized carbons (Fsp3) is 0.700. The van der Waals surface area contributed by atoms with E-state index in [-0.39, 0.29) is 19.1 Å². The minimum Gasteiger partial charge on any atom is -0.394 e. The van der Waals surface area contributed by atoms with Crippen molar-refractivity contribution in [3.8, 4) is 0 Å². The molecule has 2 aliphatic rings. The van der Waals surface area contributed by atoms with Crippen molar-refractivity contribution in [1.29, 1.82) is 0 Å². The average molecular weight is 230 g/mol. The lowest BCUT2D eigenvalue weighted by Gasteiger charge is -2.27. The minimum atomic E-state index is -1.24. The van der Waals surface area contributed by atoms with E-state index in [1.165, 1.54) is 4.90 Å². The molecule has 1 fully saturated rings. The van der Waals surface area contributed by atoms with Gasteiger partial charge < -0.3 is 15.2 Å². The Bertz CT molecular complexity index is 298. The van der Waals surface area contributed by atoms with E-state index in [2.05, 4.69) is 5.32 Å². The number of urea groups is 1. The molecule has 0 aromatic carbocycles. The van der Waals surface area contributed by atoms with Crippen LogP contribution in [0.4, 0.5) is 9.18 Å². The van der Waals surface area contributed by atoms with Crippen LogP contribution >= 0.6 is 0 Å². The lowest BCUT2D eigenvalue weighted by molar-refractivity contribution is -0.0620. The number of hydrogen-bond donors (Lipinski definition) is 2. The Morgan fingerprint density at radius 2 is 2.44 bits per heavy atom.